The van der Waals surface area contributed by atoms with Crippen LogP contribution in [0.2, 0.25) is 0 Å². The van der Waals surface area contributed by atoms with Crippen molar-refractivity contribution in [2.45, 2.75) is 12.3 Å². The highest BCUT2D eigenvalue weighted by Crippen LogP contribution is 2.32. The van der Waals surface area contributed by atoms with E-state index in [2.05, 4.69) is 0 Å². The van der Waals surface area contributed by atoms with Gasteiger partial charge in [0.1, 0.15) is 5.82 Å². The van der Waals surface area contributed by atoms with Gasteiger partial charge in [0.05, 0.1) is 11.7 Å². The zero-order valence-electron chi connectivity index (χ0n) is 7.55. The summed E-state index contributed by atoms with van der Waals surface area (Å²) in [5, 5.41) is 9.20. The summed E-state index contributed by atoms with van der Waals surface area (Å²) in [5.74, 6) is -1.37. The summed E-state index contributed by atoms with van der Waals surface area (Å²) < 4.78 is 49.5. The predicted octanol–water partition coefficient (Wildman–Crippen LogP) is 1.84. The van der Waals surface area contributed by atoms with E-state index in [0.717, 1.165) is 6.07 Å². The molecule has 2 nitrogen and oxygen atoms in total. The van der Waals surface area contributed by atoms with E-state index in [-0.39, 0.29) is 12.1 Å². The topological polar surface area (TPSA) is 46.2 Å². The molecule has 1 atom stereocenters. The van der Waals surface area contributed by atoms with Gasteiger partial charge in [-0.2, -0.15) is 13.2 Å². The van der Waals surface area contributed by atoms with Crippen LogP contribution in [0.4, 0.5) is 17.6 Å². The van der Waals surface area contributed by atoms with Gasteiger partial charge in [-0.25, -0.2) is 4.39 Å². The Bertz CT molecular complexity index is 350. The summed E-state index contributed by atoms with van der Waals surface area (Å²) in [4.78, 5) is 0. The molecule has 1 aromatic carbocycles. The lowest BCUT2D eigenvalue weighted by Gasteiger charge is -2.12. The molecule has 6 heteroatoms. The van der Waals surface area contributed by atoms with Crippen LogP contribution in [0.25, 0.3) is 0 Å². The van der Waals surface area contributed by atoms with Gasteiger partial charge in [-0.3, -0.25) is 0 Å². The molecule has 0 radical (unpaired) electrons. The van der Waals surface area contributed by atoms with Crippen molar-refractivity contribution < 1.29 is 22.7 Å². The molecular weight excluding hydrogens is 214 g/mol. The van der Waals surface area contributed by atoms with Crippen LogP contribution < -0.4 is 5.73 Å². The van der Waals surface area contributed by atoms with E-state index >= 15 is 0 Å². The number of hydrogen-bond donors (Lipinski definition) is 2. The molecule has 0 saturated heterocycles. The van der Waals surface area contributed by atoms with Crippen molar-refractivity contribution in [2.24, 2.45) is 5.73 Å². The van der Waals surface area contributed by atoms with E-state index < -0.39 is 23.7 Å². The Kier molecular flexibility index (Phi) is 3.31. The first-order valence-corrected chi connectivity index (χ1v) is 4.11. The van der Waals surface area contributed by atoms with Crippen molar-refractivity contribution in [1.82, 2.24) is 0 Å². The molecule has 15 heavy (non-hydrogen) atoms. The SMILES string of the molecule is NC[C@H](O)c1ccc(F)c(C(F)(F)F)c1. The lowest BCUT2D eigenvalue weighted by molar-refractivity contribution is -0.140. The van der Waals surface area contributed by atoms with E-state index in [1.54, 1.807) is 0 Å². The average Bonchev–Trinajstić information content (AvgIpc) is 2.15. The third-order valence-electron chi connectivity index (χ3n) is 1.90. The Balaban J connectivity index is 3.17. The second-order valence-corrected chi connectivity index (χ2v) is 2.99. The molecule has 84 valence electrons. The monoisotopic (exact) mass is 223 g/mol. The molecule has 1 aromatic rings. The normalized spacial score (nSPS) is 14.0. The molecule has 0 bridgehead atoms. The maximum atomic E-state index is 12.8. The molecular formula is C9H9F4NO. The minimum absolute atomic E-state index is 0.0498. The van der Waals surface area contributed by atoms with Crippen LogP contribution in [0, 0.1) is 5.82 Å². The van der Waals surface area contributed by atoms with Crippen molar-refractivity contribution in [1.29, 1.82) is 0 Å². The third-order valence-corrected chi connectivity index (χ3v) is 1.90. The molecule has 0 amide bonds. The van der Waals surface area contributed by atoms with Gasteiger partial charge >= 0.3 is 6.18 Å². The molecule has 0 aliphatic carbocycles. The number of aliphatic hydroxyl groups excluding tert-OH is 1. The zero-order chi connectivity index (χ0) is 11.6. The molecule has 0 fully saturated rings. The molecule has 1 rings (SSSR count). The maximum Gasteiger partial charge on any atom is 0.419 e. The molecule has 0 unspecified atom stereocenters. The number of alkyl halides is 3. The highest BCUT2D eigenvalue weighted by atomic mass is 19.4. The Morgan fingerprint density at radius 1 is 1.33 bits per heavy atom. The lowest BCUT2D eigenvalue weighted by Crippen LogP contribution is -2.14. The van der Waals surface area contributed by atoms with Gasteiger partial charge in [-0.1, -0.05) is 6.07 Å². The van der Waals surface area contributed by atoms with Crippen LogP contribution in [0.15, 0.2) is 18.2 Å². The van der Waals surface area contributed by atoms with Gasteiger partial charge in [0.15, 0.2) is 0 Å². The van der Waals surface area contributed by atoms with Gasteiger partial charge in [0.25, 0.3) is 0 Å². The predicted molar refractivity (Wildman–Crippen MR) is 45.4 cm³/mol. The molecule has 0 heterocycles. The van der Waals surface area contributed by atoms with Gasteiger partial charge in [-0.05, 0) is 17.7 Å². The van der Waals surface area contributed by atoms with E-state index in [0.29, 0.717) is 12.1 Å². The summed E-state index contributed by atoms with van der Waals surface area (Å²) >= 11 is 0. The molecule has 0 spiro atoms. The number of rotatable bonds is 2. The van der Waals surface area contributed by atoms with Crippen LogP contribution >= 0.6 is 0 Å². The van der Waals surface area contributed by atoms with Gasteiger partial charge in [-0.15, -0.1) is 0 Å². The average molecular weight is 223 g/mol. The van der Waals surface area contributed by atoms with E-state index in [1.807, 2.05) is 0 Å². The smallest absolute Gasteiger partial charge is 0.387 e. The first-order chi connectivity index (χ1) is 6.86. The molecule has 0 saturated carbocycles. The van der Waals surface area contributed by atoms with Crippen LogP contribution in [0.3, 0.4) is 0 Å². The molecule has 3 N–H and O–H groups in total. The minimum atomic E-state index is -4.77. The second kappa shape index (κ2) is 4.16. The summed E-state index contributed by atoms with van der Waals surface area (Å²) in [6.45, 7) is -0.219. The van der Waals surface area contributed by atoms with Crippen LogP contribution in [0.5, 0.6) is 0 Å². The highest BCUT2D eigenvalue weighted by molar-refractivity contribution is 5.28. The Morgan fingerprint density at radius 3 is 2.40 bits per heavy atom. The molecule has 0 aliphatic rings. The first kappa shape index (κ1) is 11.9. The van der Waals surface area contributed by atoms with Gasteiger partial charge in [0, 0.05) is 6.54 Å². The van der Waals surface area contributed by atoms with Crippen LogP contribution in [0.1, 0.15) is 17.2 Å². The fourth-order valence-corrected chi connectivity index (χ4v) is 1.10. The van der Waals surface area contributed by atoms with Crippen molar-refractivity contribution in [3.05, 3.63) is 35.1 Å². The van der Waals surface area contributed by atoms with E-state index in [4.69, 9.17) is 5.73 Å². The van der Waals surface area contributed by atoms with E-state index in [1.165, 1.54) is 0 Å². The fourth-order valence-electron chi connectivity index (χ4n) is 1.10. The third kappa shape index (κ3) is 2.66. The fraction of sp³-hybridized carbons (Fsp3) is 0.333. The quantitative estimate of drug-likeness (QED) is 0.751. The molecule has 0 aliphatic heterocycles. The van der Waals surface area contributed by atoms with Gasteiger partial charge in [0.2, 0.25) is 0 Å². The van der Waals surface area contributed by atoms with Crippen molar-refractivity contribution in [2.75, 3.05) is 6.54 Å². The largest absolute Gasteiger partial charge is 0.419 e. The highest BCUT2D eigenvalue weighted by Gasteiger charge is 2.34. The standard InChI is InChI=1S/C9H9F4NO/c10-7-2-1-5(8(15)4-14)3-6(7)9(11,12)13/h1-3,8,15H,4,14H2/t8-/m0/s1. The van der Waals surface area contributed by atoms with Crippen molar-refractivity contribution >= 4 is 0 Å². The second-order valence-electron chi connectivity index (χ2n) is 2.99. The lowest BCUT2D eigenvalue weighted by atomic mass is 10.1. The molecule has 0 aromatic heterocycles. The zero-order valence-corrected chi connectivity index (χ0v) is 7.55. The summed E-state index contributed by atoms with van der Waals surface area (Å²) in [6.07, 6.45) is -5.99. The number of halogens is 4. The maximum absolute atomic E-state index is 12.8. The summed E-state index contributed by atoms with van der Waals surface area (Å²) in [6, 6.07) is 2.30. The van der Waals surface area contributed by atoms with Crippen molar-refractivity contribution in [3.8, 4) is 0 Å². The Hall–Kier alpha value is -1.14. The van der Waals surface area contributed by atoms with Crippen molar-refractivity contribution in [3.63, 3.8) is 0 Å². The van der Waals surface area contributed by atoms with E-state index in [9.17, 15) is 22.7 Å². The Labute approximate surface area is 83.3 Å². The minimum Gasteiger partial charge on any atom is -0.387 e. The Morgan fingerprint density at radius 2 is 1.93 bits per heavy atom. The van der Waals surface area contributed by atoms with Gasteiger partial charge < -0.3 is 10.8 Å². The first-order valence-electron chi connectivity index (χ1n) is 4.11. The number of aliphatic hydroxyl groups is 1. The number of hydrogen-bond acceptors (Lipinski definition) is 2. The van der Waals surface area contributed by atoms with Crippen LogP contribution in [-0.2, 0) is 6.18 Å². The number of benzene rings is 1. The number of nitrogens with two attached hydrogens (primary N) is 1. The van der Waals surface area contributed by atoms with Crippen LogP contribution in [-0.4, -0.2) is 11.7 Å². The summed E-state index contributed by atoms with van der Waals surface area (Å²) in [5.41, 5.74) is 3.63. The summed E-state index contributed by atoms with van der Waals surface area (Å²) in [7, 11) is 0.